The summed E-state index contributed by atoms with van der Waals surface area (Å²) in [6, 6.07) is 14.0. The molecule has 2 aromatic rings. The van der Waals surface area contributed by atoms with Gasteiger partial charge in [0.05, 0.1) is 10.6 Å². The van der Waals surface area contributed by atoms with E-state index < -0.39 is 10.0 Å². The second-order valence-electron chi connectivity index (χ2n) is 9.38. The number of carbonyl (C=O) groups is 1. The first-order valence-corrected chi connectivity index (χ1v) is 13.0. The molecule has 0 radical (unpaired) electrons. The van der Waals surface area contributed by atoms with Crippen molar-refractivity contribution in [2.24, 2.45) is 0 Å². The summed E-state index contributed by atoms with van der Waals surface area (Å²) in [5.41, 5.74) is 2.00. The van der Waals surface area contributed by atoms with E-state index in [1.807, 2.05) is 24.3 Å². The molecule has 0 saturated carbocycles. The molecule has 2 aromatic carbocycles. The van der Waals surface area contributed by atoms with E-state index in [2.05, 4.69) is 24.1 Å². The van der Waals surface area contributed by atoms with Crippen LogP contribution in [-0.4, -0.2) is 50.9 Å². The van der Waals surface area contributed by atoms with Gasteiger partial charge in [-0.3, -0.25) is 14.0 Å². The topological polar surface area (TPSA) is 69.7 Å². The smallest absolute Gasteiger partial charge is 0.264 e. The fraction of sp³-hybridized carbons (Fsp3) is 0.480. The van der Waals surface area contributed by atoms with Gasteiger partial charge in [-0.25, -0.2) is 8.42 Å². The molecule has 2 aliphatic rings. The Hall–Kier alpha value is -2.38. The molecule has 0 aliphatic carbocycles. The maximum atomic E-state index is 13.4. The Labute approximate surface area is 191 Å². The number of nitrogens with one attached hydrogen (secondary N) is 1. The van der Waals surface area contributed by atoms with E-state index >= 15 is 0 Å². The van der Waals surface area contributed by atoms with Crippen LogP contribution in [0, 0.1) is 0 Å². The third-order valence-corrected chi connectivity index (χ3v) is 8.45. The molecule has 0 unspecified atom stereocenters. The number of fused-ring (bicyclic) bond motifs is 1. The molecule has 6 nitrogen and oxygen atoms in total. The lowest BCUT2D eigenvalue weighted by atomic mass is 9.98. The molecule has 1 saturated heterocycles. The Balaban J connectivity index is 1.50. The summed E-state index contributed by atoms with van der Waals surface area (Å²) in [5, 5.41) is 3.02. The van der Waals surface area contributed by atoms with Gasteiger partial charge in [0.25, 0.3) is 15.9 Å². The molecule has 2 aliphatic heterocycles. The van der Waals surface area contributed by atoms with Gasteiger partial charge in [-0.2, -0.15) is 0 Å². The molecule has 0 aromatic heterocycles. The summed E-state index contributed by atoms with van der Waals surface area (Å²) in [6.45, 7) is 7.35. The highest BCUT2D eigenvalue weighted by molar-refractivity contribution is 7.92. The lowest BCUT2D eigenvalue weighted by Gasteiger charge is -2.41. The van der Waals surface area contributed by atoms with Crippen LogP contribution in [0.15, 0.2) is 53.4 Å². The number of sulfonamides is 1. The minimum absolute atomic E-state index is 0.142. The SMILES string of the molecule is CC(C)(CNC(=O)c1cccc(S(=O)(=O)N2CCCc3ccccc32)c1)N1CCCCC1. The predicted molar refractivity (Wildman–Crippen MR) is 128 cm³/mol. The Morgan fingerprint density at radius 2 is 1.72 bits per heavy atom. The van der Waals surface area contributed by atoms with Crippen molar-refractivity contribution < 1.29 is 13.2 Å². The summed E-state index contributed by atoms with van der Waals surface area (Å²) in [7, 11) is -3.75. The molecule has 4 rings (SSSR count). The monoisotopic (exact) mass is 455 g/mol. The minimum Gasteiger partial charge on any atom is -0.350 e. The molecule has 1 N–H and O–H groups in total. The Kier molecular flexibility index (Phi) is 6.58. The van der Waals surface area contributed by atoms with Crippen molar-refractivity contribution >= 4 is 21.6 Å². The number of carbonyl (C=O) groups excluding carboxylic acids is 1. The first-order chi connectivity index (χ1) is 15.3. The van der Waals surface area contributed by atoms with E-state index in [9.17, 15) is 13.2 Å². The molecule has 1 fully saturated rings. The summed E-state index contributed by atoms with van der Waals surface area (Å²) < 4.78 is 28.3. The number of piperidine rings is 1. The van der Waals surface area contributed by atoms with Crippen LogP contribution in [-0.2, 0) is 16.4 Å². The quantitative estimate of drug-likeness (QED) is 0.719. The van der Waals surface area contributed by atoms with Crippen molar-refractivity contribution in [3.63, 3.8) is 0 Å². The number of amides is 1. The number of nitrogens with zero attached hydrogens (tertiary/aromatic N) is 2. The minimum atomic E-state index is -3.75. The van der Waals surface area contributed by atoms with Crippen molar-refractivity contribution in [2.75, 3.05) is 30.5 Å². The van der Waals surface area contributed by atoms with Gasteiger partial charge >= 0.3 is 0 Å². The van der Waals surface area contributed by atoms with Crippen LogP contribution in [0.5, 0.6) is 0 Å². The number of benzene rings is 2. The standard InChI is InChI=1S/C25H33N3O3S/c1-25(2,27-15-6-3-7-16-27)19-26-24(29)21-11-8-13-22(18-21)32(30,31)28-17-9-12-20-10-4-5-14-23(20)28/h4-5,8,10-11,13-14,18H,3,6-7,9,12,15-17,19H2,1-2H3,(H,26,29). The van der Waals surface area contributed by atoms with Gasteiger partial charge in [-0.15, -0.1) is 0 Å². The van der Waals surface area contributed by atoms with E-state index in [1.54, 1.807) is 18.2 Å². The predicted octanol–water partition coefficient (Wildman–Crippen LogP) is 3.82. The lowest BCUT2D eigenvalue weighted by molar-refractivity contribution is 0.0797. The lowest BCUT2D eigenvalue weighted by Crippen LogP contribution is -2.53. The van der Waals surface area contributed by atoms with Crippen LogP contribution in [0.4, 0.5) is 5.69 Å². The van der Waals surface area contributed by atoms with E-state index in [0.717, 1.165) is 37.2 Å². The molecule has 7 heteroatoms. The van der Waals surface area contributed by atoms with Gasteiger partial charge in [0.1, 0.15) is 0 Å². The van der Waals surface area contributed by atoms with Crippen molar-refractivity contribution in [3.05, 3.63) is 59.7 Å². The summed E-state index contributed by atoms with van der Waals surface area (Å²) in [4.78, 5) is 15.5. The first-order valence-electron chi connectivity index (χ1n) is 11.5. The fourth-order valence-corrected chi connectivity index (χ4v) is 6.27. The number of para-hydroxylation sites is 1. The number of aryl methyl sites for hydroxylation is 1. The number of likely N-dealkylation sites (tertiary alicyclic amines) is 1. The number of hydrogen-bond donors (Lipinski definition) is 1. The molecule has 0 bridgehead atoms. The zero-order valence-corrected chi connectivity index (χ0v) is 19.8. The maximum absolute atomic E-state index is 13.4. The van der Waals surface area contributed by atoms with Crippen LogP contribution in [0.1, 0.15) is 55.5 Å². The molecule has 0 atom stereocenters. The highest BCUT2D eigenvalue weighted by atomic mass is 32.2. The van der Waals surface area contributed by atoms with Gasteiger partial charge in [-0.1, -0.05) is 30.7 Å². The van der Waals surface area contributed by atoms with E-state index in [-0.39, 0.29) is 16.3 Å². The zero-order valence-electron chi connectivity index (χ0n) is 19.0. The molecular formula is C25H33N3O3S. The molecule has 32 heavy (non-hydrogen) atoms. The van der Waals surface area contributed by atoms with Crippen LogP contribution in [0.3, 0.4) is 0 Å². The number of anilines is 1. The second-order valence-corrected chi connectivity index (χ2v) is 11.2. The normalized spacial score (nSPS) is 17.6. The molecule has 0 spiro atoms. The van der Waals surface area contributed by atoms with Crippen LogP contribution in [0.2, 0.25) is 0 Å². The van der Waals surface area contributed by atoms with Crippen molar-refractivity contribution in [1.82, 2.24) is 10.2 Å². The molecule has 172 valence electrons. The van der Waals surface area contributed by atoms with Crippen molar-refractivity contribution in [3.8, 4) is 0 Å². The van der Waals surface area contributed by atoms with Crippen LogP contribution in [0.25, 0.3) is 0 Å². The third-order valence-electron chi connectivity index (χ3n) is 6.65. The Morgan fingerprint density at radius 1 is 0.969 bits per heavy atom. The highest BCUT2D eigenvalue weighted by Crippen LogP contribution is 2.32. The van der Waals surface area contributed by atoms with Crippen molar-refractivity contribution in [1.29, 1.82) is 0 Å². The average molecular weight is 456 g/mol. The molecular weight excluding hydrogens is 422 g/mol. The summed E-state index contributed by atoms with van der Waals surface area (Å²) in [5.74, 6) is -0.244. The summed E-state index contributed by atoms with van der Waals surface area (Å²) >= 11 is 0. The second kappa shape index (κ2) is 9.24. The average Bonchev–Trinajstić information content (AvgIpc) is 2.83. The fourth-order valence-electron chi connectivity index (χ4n) is 4.68. The Bertz CT molecular complexity index is 1080. The van der Waals surface area contributed by atoms with Gasteiger partial charge in [0, 0.05) is 24.2 Å². The van der Waals surface area contributed by atoms with Gasteiger partial charge < -0.3 is 5.32 Å². The van der Waals surface area contributed by atoms with Crippen LogP contribution >= 0.6 is 0 Å². The van der Waals surface area contributed by atoms with E-state index in [1.165, 1.54) is 29.6 Å². The van der Waals surface area contributed by atoms with E-state index in [4.69, 9.17) is 0 Å². The number of hydrogen-bond acceptors (Lipinski definition) is 4. The van der Waals surface area contributed by atoms with Gasteiger partial charge in [0.15, 0.2) is 0 Å². The van der Waals surface area contributed by atoms with E-state index in [0.29, 0.717) is 18.7 Å². The number of rotatable bonds is 6. The Morgan fingerprint density at radius 3 is 2.50 bits per heavy atom. The highest BCUT2D eigenvalue weighted by Gasteiger charge is 2.30. The van der Waals surface area contributed by atoms with Gasteiger partial charge in [-0.05, 0) is 82.4 Å². The molecule has 2 heterocycles. The molecule has 1 amide bonds. The zero-order chi connectivity index (χ0) is 22.8. The maximum Gasteiger partial charge on any atom is 0.264 e. The van der Waals surface area contributed by atoms with Crippen molar-refractivity contribution in [2.45, 2.75) is 56.4 Å². The van der Waals surface area contributed by atoms with Crippen LogP contribution < -0.4 is 9.62 Å². The third kappa shape index (κ3) is 4.69. The first kappa shape index (κ1) is 22.8. The summed E-state index contributed by atoms with van der Waals surface area (Å²) in [6.07, 6.45) is 5.30. The van der Waals surface area contributed by atoms with Gasteiger partial charge in [0.2, 0.25) is 0 Å². The largest absolute Gasteiger partial charge is 0.350 e.